The molecule has 0 atom stereocenters. The van der Waals surface area contributed by atoms with Gasteiger partial charge >= 0.3 is 0 Å². The molecule has 0 bridgehead atoms. The monoisotopic (exact) mass is 437 g/mol. The van der Waals surface area contributed by atoms with Crippen LogP contribution in [0.1, 0.15) is 34.7 Å². The third-order valence-corrected chi connectivity index (χ3v) is 4.70. The molecule has 2 heterocycles. The number of ether oxygens (including phenoxy) is 1. The van der Waals surface area contributed by atoms with Gasteiger partial charge in [0.25, 0.3) is 5.91 Å². The molecule has 0 N–H and O–H groups in total. The molecule has 1 aromatic carbocycles. The van der Waals surface area contributed by atoms with Gasteiger partial charge in [0.05, 0.1) is 0 Å². The first-order valence-electron chi connectivity index (χ1n) is 8.05. The van der Waals surface area contributed by atoms with Crippen molar-refractivity contribution in [2.45, 2.75) is 32.8 Å². The fourth-order valence-corrected chi connectivity index (χ4v) is 3.44. The highest BCUT2D eigenvalue weighted by atomic mass is 127. The Bertz CT molecular complexity index is 723. The molecule has 1 amide bonds. The quantitative estimate of drug-likeness (QED) is 0.692. The van der Waals surface area contributed by atoms with Crippen LogP contribution in [0.3, 0.4) is 0 Å². The van der Waals surface area contributed by atoms with Crippen molar-refractivity contribution in [1.82, 2.24) is 14.9 Å². The number of carbonyl (C=O) groups excluding carboxylic acids is 1. The van der Waals surface area contributed by atoms with Crippen molar-refractivity contribution in [3.63, 3.8) is 0 Å². The van der Waals surface area contributed by atoms with Gasteiger partial charge in [0.1, 0.15) is 11.9 Å². The van der Waals surface area contributed by atoms with E-state index >= 15 is 0 Å². The summed E-state index contributed by atoms with van der Waals surface area (Å²) in [6.45, 7) is 5.21. The molecule has 2 aromatic rings. The molecule has 1 aromatic heterocycles. The minimum Gasteiger partial charge on any atom is -0.474 e. The maximum Gasteiger partial charge on any atom is 0.253 e. The lowest BCUT2D eigenvalue weighted by Gasteiger charge is -2.32. The van der Waals surface area contributed by atoms with Crippen molar-refractivity contribution < 1.29 is 9.53 Å². The van der Waals surface area contributed by atoms with Crippen LogP contribution in [-0.4, -0.2) is 40.0 Å². The van der Waals surface area contributed by atoms with Crippen LogP contribution in [0.15, 0.2) is 30.3 Å². The van der Waals surface area contributed by atoms with E-state index in [0.717, 1.165) is 33.5 Å². The van der Waals surface area contributed by atoms with Gasteiger partial charge in [-0.1, -0.05) is 6.07 Å². The van der Waals surface area contributed by atoms with E-state index in [2.05, 4.69) is 32.6 Å². The van der Waals surface area contributed by atoms with Gasteiger partial charge in [0.15, 0.2) is 0 Å². The summed E-state index contributed by atoms with van der Waals surface area (Å²) in [4.78, 5) is 23.1. The Hall–Kier alpha value is -1.70. The highest BCUT2D eigenvalue weighted by Gasteiger charge is 2.25. The molecule has 24 heavy (non-hydrogen) atoms. The molecule has 1 aliphatic heterocycles. The van der Waals surface area contributed by atoms with Gasteiger partial charge in [-0.25, -0.2) is 4.98 Å². The number of benzene rings is 1. The number of hydrogen-bond acceptors (Lipinski definition) is 4. The first kappa shape index (κ1) is 17.1. The highest BCUT2D eigenvalue weighted by molar-refractivity contribution is 14.1. The molecule has 1 saturated heterocycles. The van der Waals surface area contributed by atoms with Crippen LogP contribution in [0.25, 0.3) is 0 Å². The van der Waals surface area contributed by atoms with Crippen LogP contribution >= 0.6 is 22.6 Å². The van der Waals surface area contributed by atoms with Crippen LogP contribution < -0.4 is 4.74 Å². The molecular weight excluding hydrogens is 417 g/mol. The van der Waals surface area contributed by atoms with Crippen LogP contribution in [-0.2, 0) is 0 Å². The zero-order valence-corrected chi connectivity index (χ0v) is 16.0. The molecule has 0 saturated carbocycles. The number of nitrogens with zero attached hydrogens (tertiary/aromatic N) is 3. The zero-order chi connectivity index (χ0) is 17.1. The fourth-order valence-electron chi connectivity index (χ4n) is 2.89. The zero-order valence-electron chi connectivity index (χ0n) is 13.8. The van der Waals surface area contributed by atoms with Crippen molar-refractivity contribution in [1.29, 1.82) is 0 Å². The molecule has 0 aliphatic carbocycles. The average Bonchev–Trinajstić information content (AvgIpc) is 2.54. The molecular formula is C18H20IN3O2. The summed E-state index contributed by atoms with van der Waals surface area (Å²) < 4.78 is 7.05. The summed E-state index contributed by atoms with van der Waals surface area (Å²) in [5.74, 6) is 1.44. The number of hydrogen-bond donors (Lipinski definition) is 0. The largest absolute Gasteiger partial charge is 0.474 e. The van der Waals surface area contributed by atoms with Crippen molar-refractivity contribution in [3.8, 4) is 5.88 Å². The minimum absolute atomic E-state index is 0.0960. The molecule has 3 rings (SSSR count). The summed E-state index contributed by atoms with van der Waals surface area (Å²) in [6, 6.07) is 9.57. The van der Waals surface area contributed by atoms with Crippen LogP contribution in [0.4, 0.5) is 0 Å². The Morgan fingerprint density at radius 3 is 2.62 bits per heavy atom. The molecule has 0 radical (unpaired) electrons. The second-order valence-electron chi connectivity index (χ2n) is 6.01. The lowest BCUT2D eigenvalue weighted by atomic mass is 10.1. The van der Waals surface area contributed by atoms with E-state index in [0.29, 0.717) is 19.0 Å². The van der Waals surface area contributed by atoms with Gasteiger partial charge in [-0.05, 0) is 54.6 Å². The molecule has 0 spiro atoms. The van der Waals surface area contributed by atoms with E-state index in [-0.39, 0.29) is 12.0 Å². The number of piperidine rings is 1. The highest BCUT2D eigenvalue weighted by Crippen LogP contribution is 2.20. The van der Waals surface area contributed by atoms with Gasteiger partial charge in [0.2, 0.25) is 5.88 Å². The Labute approximate surface area is 155 Å². The van der Waals surface area contributed by atoms with Crippen LogP contribution in [0.5, 0.6) is 5.88 Å². The summed E-state index contributed by atoms with van der Waals surface area (Å²) >= 11 is 2.23. The van der Waals surface area contributed by atoms with E-state index in [9.17, 15) is 4.79 Å². The first-order valence-corrected chi connectivity index (χ1v) is 9.13. The summed E-state index contributed by atoms with van der Waals surface area (Å²) in [6.07, 6.45) is 1.73. The van der Waals surface area contributed by atoms with Crippen molar-refractivity contribution in [3.05, 3.63) is 51.0 Å². The normalized spacial score (nSPS) is 15.4. The van der Waals surface area contributed by atoms with Crippen LogP contribution in [0, 0.1) is 17.4 Å². The van der Waals surface area contributed by atoms with E-state index in [1.165, 1.54) is 0 Å². The topological polar surface area (TPSA) is 55.3 Å². The van der Waals surface area contributed by atoms with Gasteiger partial charge < -0.3 is 9.64 Å². The fraction of sp³-hybridized carbons (Fsp3) is 0.389. The Balaban J connectivity index is 1.58. The number of halogens is 1. The Kier molecular flexibility index (Phi) is 5.33. The minimum atomic E-state index is 0.0960. The first-order chi connectivity index (χ1) is 11.5. The van der Waals surface area contributed by atoms with Crippen molar-refractivity contribution in [2.24, 2.45) is 0 Å². The summed E-state index contributed by atoms with van der Waals surface area (Å²) in [7, 11) is 0. The van der Waals surface area contributed by atoms with Gasteiger partial charge in [0, 0.05) is 46.8 Å². The smallest absolute Gasteiger partial charge is 0.253 e. The van der Waals surface area contributed by atoms with Crippen molar-refractivity contribution in [2.75, 3.05) is 13.1 Å². The second-order valence-corrected chi connectivity index (χ2v) is 7.26. The maximum atomic E-state index is 12.6. The standard InChI is InChI=1S/C18H20IN3O2/c1-12-10-17(21-13(2)20-12)24-16-6-8-22(9-7-16)18(23)14-4-3-5-15(19)11-14/h3-5,10-11,16H,6-9H2,1-2H3. The molecule has 6 heteroatoms. The van der Waals surface area contributed by atoms with Gasteiger partial charge in [-0.15, -0.1) is 0 Å². The molecule has 1 fully saturated rings. The second kappa shape index (κ2) is 7.46. The van der Waals surface area contributed by atoms with Crippen LogP contribution in [0.2, 0.25) is 0 Å². The van der Waals surface area contributed by atoms with E-state index in [4.69, 9.17) is 4.74 Å². The summed E-state index contributed by atoms with van der Waals surface area (Å²) in [5.41, 5.74) is 1.66. The maximum absolute atomic E-state index is 12.6. The molecule has 126 valence electrons. The Morgan fingerprint density at radius 2 is 1.96 bits per heavy atom. The average molecular weight is 437 g/mol. The SMILES string of the molecule is Cc1cc(OC2CCN(C(=O)c3cccc(I)c3)CC2)nc(C)n1. The molecule has 1 aliphatic rings. The third-order valence-electron chi connectivity index (χ3n) is 4.03. The summed E-state index contributed by atoms with van der Waals surface area (Å²) in [5, 5.41) is 0. The predicted molar refractivity (Wildman–Crippen MR) is 100 cm³/mol. The number of aryl methyl sites for hydroxylation is 2. The lowest BCUT2D eigenvalue weighted by molar-refractivity contribution is 0.0587. The van der Waals surface area contributed by atoms with E-state index < -0.39 is 0 Å². The third kappa shape index (κ3) is 4.23. The number of likely N-dealkylation sites (tertiary alicyclic amines) is 1. The predicted octanol–water partition coefficient (Wildman–Crippen LogP) is 3.38. The van der Waals surface area contributed by atoms with E-state index in [1.54, 1.807) is 0 Å². The number of aromatic nitrogens is 2. The molecule has 5 nitrogen and oxygen atoms in total. The van der Waals surface area contributed by atoms with E-state index in [1.807, 2.05) is 49.1 Å². The molecule has 0 unspecified atom stereocenters. The van der Waals surface area contributed by atoms with Gasteiger partial charge in [-0.2, -0.15) is 4.98 Å². The number of amides is 1. The number of rotatable bonds is 3. The lowest BCUT2D eigenvalue weighted by Crippen LogP contribution is -2.41. The van der Waals surface area contributed by atoms with Gasteiger partial charge in [-0.3, -0.25) is 4.79 Å². The Morgan fingerprint density at radius 1 is 1.21 bits per heavy atom. The number of carbonyl (C=O) groups is 1. The van der Waals surface area contributed by atoms with Crippen molar-refractivity contribution >= 4 is 28.5 Å².